The molecule has 0 aliphatic heterocycles. The van der Waals surface area contributed by atoms with Crippen molar-refractivity contribution >= 4 is 17.3 Å². The summed E-state index contributed by atoms with van der Waals surface area (Å²) in [6.07, 6.45) is 0. The van der Waals surface area contributed by atoms with Gasteiger partial charge in [-0.1, -0.05) is 12.1 Å². The van der Waals surface area contributed by atoms with Crippen LogP contribution in [0.1, 0.15) is 20.8 Å². The van der Waals surface area contributed by atoms with E-state index in [2.05, 4.69) is 0 Å². The van der Waals surface area contributed by atoms with Crippen LogP contribution in [0.25, 0.3) is 0 Å². The van der Waals surface area contributed by atoms with Crippen molar-refractivity contribution in [2.24, 2.45) is 0 Å². The molecule has 0 saturated carbocycles. The first-order valence-electron chi connectivity index (χ1n) is 4.98. The van der Waals surface area contributed by atoms with E-state index >= 15 is 0 Å². The van der Waals surface area contributed by atoms with Crippen molar-refractivity contribution < 1.29 is 9.72 Å². The lowest BCUT2D eigenvalue weighted by molar-refractivity contribution is -0.384. The van der Waals surface area contributed by atoms with Crippen molar-refractivity contribution in [2.75, 3.05) is 4.90 Å². The molecule has 0 aromatic heterocycles. The van der Waals surface area contributed by atoms with Gasteiger partial charge < -0.3 is 4.90 Å². The summed E-state index contributed by atoms with van der Waals surface area (Å²) in [6.45, 7) is 5.03. The van der Waals surface area contributed by atoms with Gasteiger partial charge in [-0.25, -0.2) is 0 Å². The lowest BCUT2D eigenvalue weighted by Gasteiger charge is -2.24. The summed E-state index contributed by atoms with van der Waals surface area (Å²) in [5.74, 6) is -0.204. The molecule has 1 rings (SSSR count). The summed E-state index contributed by atoms with van der Waals surface area (Å²) in [4.78, 5) is 23.2. The minimum absolute atomic E-state index is 0.0496. The number of nitro benzene ring substituents is 1. The number of nitrogens with zero attached hydrogens (tertiary/aromatic N) is 2. The summed E-state index contributed by atoms with van der Waals surface area (Å²) < 4.78 is 0. The molecular weight excluding hydrogens is 208 g/mol. The molecule has 0 N–H and O–H groups in total. The highest BCUT2D eigenvalue weighted by atomic mass is 16.6. The number of carbonyl (C=O) groups excluding carboxylic acids is 1. The van der Waals surface area contributed by atoms with Crippen LogP contribution in [-0.2, 0) is 4.79 Å². The Hall–Kier alpha value is -1.91. The zero-order valence-corrected chi connectivity index (χ0v) is 9.51. The van der Waals surface area contributed by atoms with E-state index in [-0.39, 0.29) is 17.6 Å². The van der Waals surface area contributed by atoms with Gasteiger partial charge in [0.05, 0.1) is 4.92 Å². The second-order valence-electron chi connectivity index (χ2n) is 3.73. The Bertz CT molecular complexity index is 415. The second-order valence-corrected chi connectivity index (χ2v) is 3.73. The van der Waals surface area contributed by atoms with Gasteiger partial charge >= 0.3 is 0 Å². The molecule has 0 aliphatic rings. The van der Waals surface area contributed by atoms with E-state index in [1.807, 2.05) is 13.8 Å². The minimum atomic E-state index is -0.479. The first-order valence-corrected chi connectivity index (χ1v) is 4.98. The molecule has 1 amide bonds. The molecule has 86 valence electrons. The maximum atomic E-state index is 11.5. The molecular formula is C11H14N2O3. The third-order valence-electron chi connectivity index (χ3n) is 2.19. The quantitative estimate of drug-likeness (QED) is 0.582. The number of hydrogen-bond acceptors (Lipinski definition) is 3. The molecule has 1 aromatic rings. The molecule has 0 fully saturated rings. The zero-order chi connectivity index (χ0) is 12.3. The van der Waals surface area contributed by atoms with Crippen LogP contribution in [0.2, 0.25) is 0 Å². The maximum Gasteiger partial charge on any atom is 0.292 e. The summed E-state index contributed by atoms with van der Waals surface area (Å²) in [7, 11) is 0. The highest BCUT2D eigenvalue weighted by molar-refractivity contribution is 5.94. The van der Waals surface area contributed by atoms with Crippen LogP contribution < -0.4 is 4.90 Å². The van der Waals surface area contributed by atoms with Gasteiger partial charge in [0.2, 0.25) is 5.91 Å². The number of hydrogen-bond donors (Lipinski definition) is 0. The molecule has 0 atom stereocenters. The summed E-state index contributed by atoms with van der Waals surface area (Å²) in [6, 6.07) is 6.13. The topological polar surface area (TPSA) is 63.5 Å². The Morgan fingerprint density at radius 2 is 1.94 bits per heavy atom. The SMILES string of the molecule is CC(=O)N(c1ccccc1[N+](=O)[O-])C(C)C. The fourth-order valence-corrected chi connectivity index (χ4v) is 1.63. The molecule has 0 spiro atoms. The lowest BCUT2D eigenvalue weighted by Crippen LogP contribution is -2.35. The van der Waals surface area contributed by atoms with E-state index in [0.717, 1.165) is 0 Å². The van der Waals surface area contributed by atoms with Gasteiger partial charge in [0.1, 0.15) is 5.69 Å². The van der Waals surface area contributed by atoms with Gasteiger partial charge in [-0.3, -0.25) is 14.9 Å². The number of carbonyl (C=O) groups is 1. The van der Waals surface area contributed by atoms with Gasteiger partial charge in [-0.15, -0.1) is 0 Å². The summed E-state index contributed by atoms with van der Waals surface area (Å²) in [5.41, 5.74) is 0.293. The molecule has 5 nitrogen and oxygen atoms in total. The smallest absolute Gasteiger partial charge is 0.292 e. The fraction of sp³-hybridized carbons (Fsp3) is 0.364. The molecule has 5 heteroatoms. The van der Waals surface area contributed by atoms with Crippen molar-refractivity contribution in [3.63, 3.8) is 0 Å². The van der Waals surface area contributed by atoms with Crippen LogP contribution in [0.15, 0.2) is 24.3 Å². The van der Waals surface area contributed by atoms with Crippen LogP contribution in [0, 0.1) is 10.1 Å². The van der Waals surface area contributed by atoms with Crippen molar-refractivity contribution in [3.05, 3.63) is 34.4 Å². The molecule has 0 bridgehead atoms. The third-order valence-corrected chi connectivity index (χ3v) is 2.19. The molecule has 16 heavy (non-hydrogen) atoms. The van der Waals surface area contributed by atoms with E-state index < -0.39 is 4.92 Å². The number of benzene rings is 1. The highest BCUT2D eigenvalue weighted by Gasteiger charge is 2.23. The van der Waals surface area contributed by atoms with Crippen LogP contribution in [-0.4, -0.2) is 16.9 Å². The first-order chi connectivity index (χ1) is 7.45. The standard InChI is InChI=1S/C11H14N2O3/c1-8(2)12(9(3)14)10-6-4-5-7-11(10)13(15)16/h4-8H,1-3H3. The van der Waals surface area contributed by atoms with E-state index in [1.54, 1.807) is 18.2 Å². The highest BCUT2D eigenvalue weighted by Crippen LogP contribution is 2.28. The van der Waals surface area contributed by atoms with Crippen molar-refractivity contribution in [1.82, 2.24) is 0 Å². The molecule has 1 aromatic carbocycles. The van der Waals surface area contributed by atoms with Crippen LogP contribution in [0.4, 0.5) is 11.4 Å². The van der Waals surface area contributed by atoms with E-state index in [4.69, 9.17) is 0 Å². The van der Waals surface area contributed by atoms with Crippen molar-refractivity contribution in [2.45, 2.75) is 26.8 Å². The van der Waals surface area contributed by atoms with E-state index in [1.165, 1.54) is 17.9 Å². The maximum absolute atomic E-state index is 11.5. The average molecular weight is 222 g/mol. The number of nitro groups is 1. The van der Waals surface area contributed by atoms with Gasteiger partial charge in [0.15, 0.2) is 0 Å². The number of rotatable bonds is 3. The number of anilines is 1. The minimum Gasteiger partial charge on any atom is -0.304 e. The Labute approximate surface area is 93.8 Å². The predicted octanol–water partition coefficient (Wildman–Crippen LogP) is 2.36. The fourth-order valence-electron chi connectivity index (χ4n) is 1.63. The largest absolute Gasteiger partial charge is 0.304 e. The van der Waals surface area contributed by atoms with Crippen molar-refractivity contribution in [1.29, 1.82) is 0 Å². The van der Waals surface area contributed by atoms with E-state index in [9.17, 15) is 14.9 Å². The zero-order valence-electron chi connectivity index (χ0n) is 9.51. The monoisotopic (exact) mass is 222 g/mol. The summed E-state index contributed by atoms with van der Waals surface area (Å²) in [5, 5.41) is 10.8. The third kappa shape index (κ3) is 2.36. The van der Waals surface area contributed by atoms with E-state index in [0.29, 0.717) is 5.69 Å². The van der Waals surface area contributed by atoms with Crippen LogP contribution in [0.5, 0.6) is 0 Å². The Morgan fingerprint density at radius 1 is 1.38 bits per heavy atom. The molecule has 0 heterocycles. The van der Waals surface area contributed by atoms with Crippen LogP contribution >= 0.6 is 0 Å². The van der Waals surface area contributed by atoms with Gasteiger partial charge in [0.25, 0.3) is 5.69 Å². The average Bonchev–Trinajstić information content (AvgIpc) is 2.17. The Balaban J connectivity index is 3.29. The second kappa shape index (κ2) is 4.74. The van der Waals surface area contributed by atoms with Crippen LogP contribution in [0.3, 0.4) is 0 Å². The number of para-hydroxylation sites is 2. The molecule has 0 aliphatic carbocycles. The first kappa shape index (κ1) is 12.2. The lowest BCUT2D eigenvalue weighted by atomic mass is 10.2. The molecule has 0 saturated heterocycles. The van der Waals surface area contributed by atoms with Gasteiger partial charge in [-0.2, -0.15) is 0 Å². The number of amides is 1. The molecule has 0 radical (unpaired) electrons. The van der Waals surface area contributed by atoms with Crippen molar-refractivity contribution in [3.8, 4) is 0 Å². The molecule has 0 unspecified atom stereocenters. The Kier molecular flexibility index (Phi) is 3.60. The predicted molar refractivity (Wildman–Crippen MR) is 61.4 cm³/mol. The van der Waals surface area contributed by atoms with Gasteiger partial charge in [0, 0.05) is 19.0 Å². The normalized spacial score (nSPS) is 10.2. The summed E-state index contributed by atoms with van der Waals surface area (Å²) >= 11 is 0. The Morgan fingerprint density at radius 3 is 2.38 bits per heavy atom. The van der Waals surface area contributed by atoms with Gasteiger partial charge in [-0.05, 0) is 19.9 Å².